The second kappa shape index (κ2) is 7.24. The molecule has 4 nitrogen and oxygen atoms in total. The number of aryl methyl sites for hydroxylation is 1. The number of benzene rings is 1. The smallest absolute Gasteiger partial charge is 0.159 e. The summed E-state index contributed by atoms with van der Waals surface area (Å²) in [5.41, 5.74) is 3.08. The molecule has 0 amide bonds. The molecule has 0 aliphatic carbocycles. The van der Waals surface area contributed by atoms with Crippen LogP contribution < -0.4 is 0 Å². The van der Waals surface area contributed by atoms with Crippen LogP contribution >= 0.6 is 0 Å². The van der Waals surface area contributed by atoms with Gasteiger partial charge in [-0.3, -0.25) is 0 Å². The Balaban J connectivity index is 0.000000774. The van der Waals surface area contributed by atoms with Gasteiger partial charge in [0.05, 0.1) is 0 Å². The molecule has 0 aliphatic heterocycles. The van der Waals surface area contributed by atoms with Gasteiger partial charge in [0.25, 0.3) is 0 Å². The summed E-state index contributed by atoms with van der Waals surface area (Å²) in [6.45, 7) is 6.04. The number of hydrogen-bond donors (Lipinski definition) is 0. The highest BCUT2D eigenvalue weighted by molar-refractivity contribution is 5.67. The van der Waals surface area contributed by atoms with Crippen molar-refractivity contribution in [2.24, 2.45) is 0 Å². The quantitative estimate of drug-likeness (QED) is 0.712. The average molecular weight is 278 g/mol. The molecule has 0 radical (unpaired) electrons. The van der Waals surface area contributed by atoms with Crippen LogP contribution in [0.25, 0.3) is 22.8 Å². The fourth-order valence-corrected chi connectivity index (χ4v) is 1.94. The van der Waals surface area contributed by atoms with Crippen molar-refractivity contribution in [3.05, 3.63) is 60.7 Å². The first-order chi connectivity index (χ1) is 10.3. The normalized spacial score (nSPS) is 9.67. The molecule has 3 aromatic rings. The first kappa shape index (κ1) is 14.8. The topological polar surface area (TPSA) is 51.6 Å². The molecule has 2 heterocycles. The van der Waals surface area contributed by atoms with Crippen molar-refractivity contribution in [1.82, 2.24) is 19.9 Å². The Bertz CT molecular complexity index is 624. The first-order valence-corrected chi connectivity index (χ1v) is 6.99. The Morgan fingerprint density at radius 1 is 0.619 bits per heavy atom. The third-order valence-corrected chi connectivity index (χ3v) is 2.73. The van der Waals surface area contributed by atoms with Crippen molar-refractivity contribution in [3.8, 4) is 22.8 Å². The summed E-state index contributed by atoms with van der Waals surface area (Å²) in [5.74, 6) is 1.42. The van der Waals surface area contributed by atoms with E-state index in [0.29, 0.717) is 11.6 Å². The molecular formula is C17H18N4. The van der Waals surface area contributed by atoms with Crippen molar-refractivity contribution in [1.29, 1.82) is 0 Å². The molecule has 0 spiro atoms. The van der Waals surface area contributed by atoms with E-state index in [1.165, 1.54) is 0 Å². The molecule has 0 bridgehead atoms. The molecule has 21 heavy (non-hydrogen) atoms. The van der Waals surface area contributed by atoms with Crippen LogP contribution in [0, 0.1) is 6.92 Å². The third-order valence-electron chi connectivity index (χ3n) is 2.73. The first-order valence-electron chi connectivity index (χ1n) is 6.99. The van der Waals surface area contributed by atoms with E-state index in [1.54, 1.807) is 36.9 Å². The van der Waals surface area contributed by atoms with E-state index in [-0.39, 0.29) is 0 Å². The van der Waals surface area contributed by atoms with Gasteiger partial charge in [-0.2, -0.15) is 0 Å². The van der Waals surface area contributed by atoms with E-state index in [9.17, 15) is 0 Å². The van der Waals surface area contributed by atoms with Crippen LogP contribution in [-0.4, -0.2) is 19.9 Å². The Labute approximate surface area is 125 Å². The lowest BCUT2D eigenvalue weighted by Gasteiger charge is -2.05. The standard InChI is InChI=1S/C15H12N4.C2H6/c1-11-8-12(14-16-4-2-5-17-14)10-13(9-11)15-18-6-3-7-19-15;1-2/h2-10H,1H3;1-2H3. The van der Waals surface area contributed by atoms with Gasteiger partial charge in [0, 0.05) is 35.9 Å². The van der Waals surface area contributed by atoms with Crippen molar-refractivity contribution in [2.75, 3.05) is 0 Å². The lowest BCUT2D eigenvalue weighted by molar-refractivity contribution is 1.16. The minimum absolute atomic E-state index is 0.711. The van der Waals surface area contributed by atoms with Gasteiger partial charge in [0.15, 0.2) is 11.6 Å². The van der Waals surface area contributed by atoms with Gasteiger partial charge in [0.1, 0.15) is 0 Å². The van der Waals surface area contributed by atoms with Crippen LogP contribution in [-0.2, 0) is 0 Å². The van der Waals surface area contributed by atoms with Crippen molar-refractivity contribution in [3.63, 3.8) is 0 Å². The molecule has 2 aromatic heterocycles. The van der Waals surface area contributed by atoms with E-state index in [2.05, 4.69) is 32.1 Å². The van der Waals surface area contributed by atoms with Crippen LogP contribution in [0.1, 0.15) is 19.4 Å². The van der Waals surface area contributed by atoms with Gasteiger partial charge >= 0.3 is 0 Å². The molecule has 0 N–H and O–H groups in total. The maximum Gasteiger partial charge on any atom is 0.159 e. The summed E-state index contributed by atoms with van der Waals surface area (Å²) >= 11 is 0. The van der Waals surface area contributed by atoms with Crippen molar-refractivity contribution >= 4 is 0 Å². The molecule has 0 unspecified atom stereocenters. The lowest BCUT2D eigenvalue weighted by atomic mass is 10.1. The maximum absolute atomic E-state index is 4.27. The minimum atomic E-state index is 0.711. The largest absolute Gasteiger partial charge is 0.237 e. The zero-order chi connectivity index (χ0) is 15.1. The minimum Gasteiger partial charge on any atom is -0.237 e. The third kappa shape index (κ3) is 3.69. The van der Waals surface area contributed by atoms with Gasteiger partial charge in [-0.05, 0) is 42.8 Å². The molecule has 0 fully saturated rings. The van der Waals surface area contributed by atoms with Crippen LogP contribution in [0.3, 0.4) is 0 Å². The molecule has 106 valence electrons. The highest BCUT2D eigenvalue weighted by atomic mass is 14.9. The van der Waals surface area contributed by atoms with Gasteiger partial charge in [-0.15, -0.1) is 0 Å². The second-order valence-corrected chi connectivity index (χ2v) is 4.23. The predicted octanol–water partition coefficient (Wildman–Crippen LogP) is 3.94. The SMILES string of the molecule is CC.Cc1cc(-c2ncccn2)cc(-c2ncccn2)c1. The monoisotopic (exact) mass is 278 g/mol. The summed E-state index contributed by atoms with van der Waals surface area (Å²) in [4.78, 5) is 17.1. The molecular weight excluding hydrogens is 260 g/mol. The van der Waals surface area contributed by atoms with E-state index < -0.39 is 0 Å². The molecule has 3 rings (SSSR count). The fourth-order valence-electron chi connectivity index (χ4n) is 1.94. The fraction of sp³-hybridized carbons (Fsp3) is 0.176. The van der Waals surface area contributed by atoms with Crippen LogP contribution in [0.4, 0.5) is 0 Å². The number of rotatable bonds is 2. The highest BCUT2D eigenvalue weighted by Gasteiger charge is 2.06. The average Bonchev–Trinajstić information content (AvgIpc) is 2.58. The van der Waals surface area contributed by atoms with Crippen molar-refractivity contribution in [2.45, 2.75) is 20.8 Å². The molecule has 1 aromatic carbocycles. The van der Waals surface area contributed by atoms with Gasteiger partial charge < -0.3 is 0 Å². The zero-order valence-electron chi connectivity index (χ0n) is 12.5. The molecule has 0 saturated heterocycles. The van der Waals surface area contributed by atoms with E-state index in [1.807, 2.05) is 26.8 Å². The highest BCUT2D eigenvalue weighted by Crippen LogP contribution is 2.23. The van der Waals surface area contributed by atoms with E-state index in [0.717, 1.165) is 16.7 Å². The summed E-state index contributed by atoms with van der Waals surface area (Å²) in [6, 6.07) is 9.74. The van der Waals surface area contributed by atoms with Gasteiger partial charge in [0.2, 0.25) is 0 Å². The number of hydrogen-bond acceptors (Lipinski definition) is 4. The Kier molecular flexibility index (Phi) is 5.10. The summed E-state index contributed by atoms with van der Waals surface area (Å²) in [7, 11) is 0. The van der Waals surface area contributed by atoms with Gasteiger partial charge in [-0.1, -0.05) is 13.8 Å². The van der Waals surface area contributed by atoms with Crippen LogP contribution in [0.15, 0.2) is 55.1 Å². The van der Waals surface area contributed by atoms with E-state index >= 15 is 0 Å². The van der Waals surface area contributed by atoms with Crippen LogP contribution in [0.5, 0.6) is 0 Å². The zero-order valence-corrected chi connectivity index (χ0v) is 12.5. The number of aromatic nitrogens is 4. The molecule has 0 aliphatic rings. The predicted molar refractivity (Wildman–Crippen MR) is 84.6 cm³/mol. The molecule has 0 atom stereocenters. The van der Waals surface area contributed by atoms with Gasteiger partial charge in [-0.25, -0.2) is 19.9 Å². The Hall–Kier alpha value is -2.62. The molecule has 4 heteroatoms. The summed E-state index contributed by atoms with van der Waals surface area (Å²) < 4.78 is 0. The Morgan fingerprint density at radius 2 is 1.00 bits per heavy atom. The summed E-state index contributed by atoms with van der Waals surface area (Å²) in [6.07, 6.45) is 6.96. The number of nitrogens with zero attached hydrogens (tertiary/aromatic N) is 4. The second-order valence-electron chi connectivity index (χ2n) is 4.23. The lowest BCUT2D eigenvalue weighted by Crippen LogP contribution is -1.91. The van der Waals surface area contributed by atoms with Crippen LogP contribution in [0.2, 0.25) is 0 Å². The molecule has 0 saturated carbocycles. The maximum atomic E-state index is 4.27. The van der Waals surface area contributed by atoms with E-state index in [4.69, 9.17) is 0 Å². The Morgan fingerprint density at radius 3 is 1.38 bits per heavy atom. The summed E-state index contributed by atoms with van der Waals surface area (Å²) in [5, 5.41) is 0. The van der Waals surface area contributed by atoms with Crippen molar-refractivity contribution < 1.29 is 0 Å².